The largest absolute Gasteiger partial charge is 0.344 e. The molecule has 6 heteroatoms. The van der Waals surface area contributed by atoms with E-state index < -0.39 is 6.04 Å². The minimum Gasteiger partial charge on any atom is -0.344 e. The SMILES string of the molecule is Cc1cc(Br)c(N2CCC(=O)NC(C3CC3)C2=O)cc1Cl. The zero-order valence-electron chi connectivity index (χ0n) is 11.7. The fraction of sp³-hybridized carbons (Fsp3) is 0.467. The summed E-state index contributed by atoms with van der Waals surface area (Å²) in [6.07, 6.45) is 2.31. The molecule has 1 N–H and O–H groups in total. The van der Waals surface area contributed by atoms with Crippen molar-refractivity contribution in [3.63, 3.8) is 0 Å². The maximum Gasteiger partial charge on any atom is 0.249 e. The second-order valence-electron chi connectivity index (χ2n) is 5.68. The predicted octanol–water partition coefficient (Wildman–Crippen LogP) is 3.04. The van der Waals surface area contributed by atoms with Crippen molar-refractivity contribution in [2.45, 2.75) is 32.2 Å². The third-order valence-electron chi connectivity index (χ3n) is 4.02. The lowest BCUT2D eigenvalue weighted by molar-refractivity contribution is -0.126. The van der Waals surface area contributed by atoms with Gasteiger partial charge in [0.2, 0.25) is 11.8 Å². The van der Waals surface area contributed by atoms with E-state index in [4.69, 9.17) is 11.6 Å². The fourth-order valence-corrected chi connectivity index (χ4v) is 3.46. The van der Waals surface area contributed by atoms with Crippen LogP contribution in [0.1, 0.15) is 24.8 Å². The molecule has 0 bridgehead atoms. The molecule has 1 aliphatic heterocycles. The molecule has 4 nitrogen and oxygen atoms in total. The molecule has 1 heterocycles. The number of benzene rings is 1. The van der Waals surface area contributed by atoms with Gasteiger partial charge >= 0.3 is 0 Å². The predicted molar refractivity (Wildman–Crippen MR) is 85.5 cm³/mol. The molecule has 1 unspecified atom stereocenters. The van der Waals surface area contributed by atoms with Gasteiger partial charge in [0, 0.05) is 22.5 Å². The Kier molecular flexibility index (Phi) is 3.97. The Labute approximate surface area is 137 Å². The first kappa shape index (κ1) is 14.9. The number of hydrogen-bond donors (Lipinski definition) is 1. The molecule has 3 rings (SSSR count). The summed E-state index contributed by atoms with van der Waals surface area (Å²) < 4.78 is 0.821. The Morgan fingerprint density at radius 2 is 2.05 bits per heavy atom. The Morgan fingerprint density at radius 1 is 1.33 bits per heavy atom. The Morgan fingerprint density at radius 3 is 2.71 bits per heavy atom. The van der Waals surface area contributed by atoms with Crippen molar-refractivity contribution in [1.82, 2.24) is 5.32 Å². The molecule has 21 heavy (non-hydrogen) atoms. The summed E-state index contributed by atoms with van der Waals surface area (Å²) in [7, 11) is 0. The number of aryl methyl sites for hydroxylation is 1. The molecule has 112 valence electrons. The molecular weight excluding hydrogens is 356 g/mol. The lowest BCUT2D eigenvalue weighted by atomic mass is 10.1. The second kappa shape index (κ2) is 5.61. The Balaban J connectivity index is 1.97. The van der Waals surface area contributed by atoms with E-state index in [0.717, 1.165) is 28.6 Å². The van der Waals surface area contributed by atoms with E-state index in [2.05, 4.69) is 21.2 Å². The summed E-state index contributed by atoms with van der Waals surface area (Å²) in [6.45, 7) is 2.30. The number of amides is 2. The van der Waals surface area contributed by atoms with Crippen molar-refractivity contribution in [2.24, 2.45) is 5.92 Å². The molecule has 1 aromatic carbocycles. The summed E-state index contributed by atoms with van der Waals surface area (Å²) in [4.78, 5) is 26.3. The van der Waals surface area contributed by atoms with Crippen LogP contribution in [0.25, 0.3) is 0 Å². The fourth-order valence-electron chi connectivity index (χ4n) is 2.63. The molecule has 2 aliphatic rings. The third-order valence-corrected chi connectivity index (χ3v) is 5.07. The molecule has 1 aromatic rings. The maximum atomic E-state index is 12.8. The zero-order valence-corrected chi connectivity index (χ0v) is 14.0. The van der Waals surface area contributed by atoms with Crippen molar-refractivity contribution in [3.8, 4) is 0 Å². The van der Waals surface area contributed by atoms with Gasteiger partial charge in [-0.25, -0.2) is 0 Å². The van der Waals surface area contributed by atoms with Crippen LogP contribution < -0.4 is 10.2 Å². The van der Waals surface area contributed by atoms with Gasteiger partial charge in [-0.1, -0.05) is 11.6 Å². The number of halogens is 2. The maximum absolute atomic E-state index is 12.8. The number of anilines is 1. The van der Waals surface area contributed by atoms with Gasteiger partial charge in [-0.2, -0.15) is 0 Å². The van der Waals surface area contributed by atoms with E-state index in [0.29, 0.717) is 18.0 Å². The number of carbonyl (C=O) groups is 2. The summed E-state index contributed by atoms with van der Waals surface area (Å²) in [5.41, 5.74) is 1.68. The Hall–Kier alpha value is -1.07. The highest BCUT2D eigenvalue weighted by Crippen LogP contribution is 2.37. The topological polar surface area (TPSA) is 49.4 Å². The van der Waals surface area contributed by atoms with Crippen molar-refractivity contribution >= 4 is 45.0 Å². The van der Waals surface area contributed by atoms with Crippen LogP contribution in [-0.4, -0.2) is 24.4 Å². The van der Waals surface area contributed by atoms with Crippen LogP contribution in [0.3, 0.4) is 0 Å². The van der Waals surface area contributed by atoms with Gasteiger partial charge in [-0.15, -0.1) is 0 Å². The highest BCUT2D eigenvalue weighted by molar-refractivity contribution is 9.10. The van der Waals surface area contributed by atoms with E-state index in [-0.39, 0.29) is 17.7 Å². The van der Waals surface area contributed by atoms with E-state index in [1.807, 2.05) is 13.0 Å². The lowest BCUT2D eigenvalue weighted by Gasteiger charge is -2.25. The van der Waals surface area contributed by atoms with Gasteiger partial charge in [-0.05, 0) is 59.3 Å². The van der Waals surface area contributed by atoms with Crippen LogP contribution in [0.5, 0.6) is 0 Å². The molecule has 2 fully saturated rings. The second-order valence-corrected chi connectivity index (χ2v) is 6.94. The highest BCUT2D eigenvalue weighted by atomic mass is 79.9. The van der Waals surface area contributed by atoms with Crippen molar-refractivity contribution < 1.29 is 9.59 Å². The molecule has 0 spiro atoms. The standard InChI is InChI=1S/C15H16BrClN2O2/c1-8-6-10(16)12(7-11(8)17)19-5-4-13(20)18-14(15(19)21)9-2-3-9/h6-7,9,14H,2-5H2,1H3,(H,18,20). The average molecular weight is 372 g/mol. The highest BCUT2D eigenvalue weighted by Gasteiger charge is 2.41. The number of nitrogens with one attached hydrogen (secondary N) is 1. The average Bonchev–Trinajstić information content (AvgIpc) is 3.25. The summed E-state index contributed by atoms with van der Waals surface area (Å²) in [5.74, 6) is 0.183. The van der Waals surface area contributed by atoms with E-state index >= 15 is 0 Å². The van der Waals surface area contributed by atoms with Crippen LogP contribution >= 0.6 is 27.5 Å². The summed E-state index contributed by atoms with van der Waals surface area (Å²) >= 11 is 9.69. The quantitative estimate of drug-likeness (QED) is 0.868. The summed E-state index contributed by atoms with van der Waals surface area (Å²) in [6, 6.07) is 3.29. The van der Waals surface area contributed by atoms with Gasteiger partial charge < -0.3 is 10.2 Å². The number of hydrogen-bond acceptors (Lipinski definition) is 2. The van der Waals surface area contributed by atoms with E-state index in [1.54, 1.807) is 11.0 Å². The Bertz CT molecular complexity index is 616. The van der Waals surface area contributed by atoms with Crippen molar-refractivity contribution in [2.75, 3.05) is 11.4 Å². The molecule has 0 aromatic heterocycles. The molecule has 1 atom stereocenters. The van der Waals surface area contributed by atoms with Crippen molar-refractivity contribution in [3.05, 3.63) is 27.2 Å². The first-order valence-corrected chi connectivity index (χ1v) is 8.21. The van der Waals surface area contributed by atoms with Gasteiger partial charge in [0.25, 0.3) is 0 Å². The number of rotatable bonds is 2. The molecule has 1 saturated carbocycles. The first-order valence-electron chi connectivity index (χ1n) is 7.04. The van der Waals surface area contributed by atoms with Gasteiger partial charge in [0.15, 0.2) is 0 Å². The minimum atomic E-state index is -0.396. The van der Waals surface area contributed by atoms with Gasteiger partial charge in [0.05, 0.1) is 5.69 Å². The van der Waals surface area contributed by atoms with Crippen molar-refractivity contribution in [1.29, 1.82) is 0 Å². The van der Waals surface area contributed by atoms with Crippen LogP contribution in [0.4, 0.5) is 5.69 Å². The molecule has 0 radical (unpaired) electrons. The lowest BCUT2D eigenvalue weighted by Crippen LogP contribution is -2.46. The smallest absolute Gasteiger partial charge is 0.249 e. The molecular formula is C15H16BrClN2O2. The number of nitrogens with zero attached hydrogens (tertiary/aromatic N) is 1. The monoisotopic (exact) mass is 370 g/mol. The van der Waals surface area contributed by atoms with Gasteiger partial charge in [-0.3, -0.25) is 9.59 Å². The molecule has 2 amide bonds. The third kappa shape index (κ3) is 2.94. The minimum absolute atomic E-state index is 0.0380. The summed E-state index contributed by atoms with van der Waals surface area (Å²) in [5, 5.41) is 3.48. The van der Waals surface area contributed by atoms with Crippen LogP contribution in [0.2, 0.25) is 5.02 Å². The zero-order chi connectivity index (χ0) is 15.1. The molecule has 1 saturated heterocycles. The van der Waals surface area contributed by atoms with E-state index in [1.165, 1.54) is 0 Å². The van der Waals surface area contributed by atoms with Crippen LogP contribution in [0.15, 0.2) is 16.6 Å². The molecule has 1 aliphatic carbocycles. The van der Waals surface area contributed by atoms with Crippen LogP contribution in [-0.2, 0) is 9.59 Å². The number of carbonyl (C=O) groups excluding carboxylic acids is 2. The van der Waals surface area contributed by atoms with Gasteiger partial charge in [0.1, 0.15) is 6.04 Å². The van der Waals surface area contributed by atoms with E-state index in [9.17, 15) is 9.59 Å². The first-order chi connectivity index (χ1) is 9.97. The normalized spacial score (nSPS) is 23.0. The van der Waals surface area contributed by atoms with Crippen LogP contribution in [0, 0.1) is 12.8 Å².